The normalized spacial score (nSPS) is 15.4. The van der Waals surface area contributed by atoms with Crippen molar-refractivity contribution >= 4 is 11.6 Å². The summed E-state index contributed by atoms with van der Waals surface area (Å²) in [6, 6.07) is 19.9. The predicted molar refractivity (Wildman–Crippen MR) is 126 cm³/mol. The van der Waals surface area contributed by atoms with Gasteiger partial charge in [0, 0.05) is 44.0 Å². The Kier molecular flexibility index (Phi) is 7.12. The highest BCUT2D eigenvalue weighted by atomic mass is 16.5. The number of nitrogens with zero attached hydrogens (tertiary/aromatic N) is 2. The van der Waals surface area contributed by atoms with Gasteiger partial charge in [0.2, 0.25) is 0 Å². The molecular formula is C26H31N3O3. The van der Waals surface area contributed by atoms with Gasteiger partial charge in [0.05, 0.1) is 19.4 Å². The van der Waals surface area contributed by atoms with Crippen LogP contribution in [0.5, 0.6) is 5.75 Å². The highest BCUT2D eigenvalue weighted by Crippen LogP contribution is 2.25. The lowest BCUT2D eigenvalue weighted by Gasteiger charge is -2.39. The van der Waals surface area contributed by atoms with Gasteiger partial charge in [0.1, 0.15) is 11.5 Å². The highest BCUT2D eigenvalue weighted by Gasteiger charge is 2.27. The van der Waals surface area contributed by atoms with Crippen molar-refractivity contribution in [1.82, 2.24) is 10.2 Å². The van der Waals surface area contributed by atoms with E-state index in [0.717, 1.165) is 44.1 Å². The van der Waals surface area contributed by atoms with Gasteiger partial charge < -0.3 is 19.4 Å². The monoisotopic (exact) mass is 433 g/mol. The van der Waals surface area contributed by atoms with Crippen LogP contribution in [0.1, 0.15) is 34.6 Å². The van der Waals surface area contributed by atoms with E-state index in [9.17, 15) is 4.79 Å². The third-order valence-corrected chi connectivity index (χ3v) is 6.14. The number of furan rings is 1. The number of carbonyl (C=O) groups is 1. The van der Waals surface area contributed by atoms with Gasteiger partial charge in [-0.05, 0) is 60.5 Å². The van der Waals surface area contributed by atoms with Crippen LogP contribution in [0, 0.1) is 0 Å². The molecule has 0 spiro atoms. The molecule has 1 N–H and O–H groups in total. The van der Waals surface area contributed by atoms with Crippen molar-refractivity contribution in [3.63, 3.8) is 0 Å². The van der Waals surface area contributed by atoms with Crippen LogP contribution in [0.3, 0.4) is 0 Å². The molecule has 0 saturated carbocycles. The molecule has 6 nitrogen and oxygen atoms in total. The first kappa shape index (κ1) is 22.0. The molecule has 32 heavy (non-hydrogen) atoms. The van der Waals surface area contributed by atoms with Crippen LogP contribution in [0.4, 0.5) is 5.69 Å². The molecule has 1 saturated heterocycles. The van der Waals surface area contributed by atoms with E-state index in [-0.39, 0.29) is 11.9 Å². The maximum absolute atomic E-state index is 12.7. The van der Waals surface area contributed by atoms with E-state index < -0.39 is 0 Å². The Labute approximate surface area is 189 Å². The van der Waals surface area contributed by atoms with E-state index >= 15 is 0 Å². The van der Waals surface area contributed by atoms with Crippen molar-refractivity contribution < 1.29 is 13.9 Å². The summed E-state index contributed by atoms with van der Waals surface area (Å²) in [5.41, 5.74) is 3.11. The van der Waals surface area contributed by atoms with E-state index in [2.05, 4.69) is 34.2 Å². The SMILES string of the molecule is CCc1ccc(C(=O)NCC(c2ccco2)N2CCN(c3ccc(OC)cc3)CC2)cc1. The first-order valence-electron chi connectivity index (χ1n) is 11.2. The van der Waals surface area contributed by atoms with Crippen LogP contribution in [-0.2, 0) is 6.42 Å². The summed E-state index contributed by atoms with van der Waals surface area (Å²) in [4.78, 5) is 17.5. The summed E-state index contributed by atoms with van der Waals surface area (Å²) in [7, 11) is 1.68. The Morgan fingerprint density at radius 2 is 1.75 bits per heavy atom. The van der Waals surface area contributed by atoms with Crippen molar-refractivity contribution in [2.24, 2.45) is 0 Å². The van der Waals surface area contributed by atoms with Gasteiger partial charge in [-0.1, -0.05) is 19.1 Å². The van der Waals surface area contributed by atoms with Gasteiger partial charge in [0.15, 0.2) is 0 Å². The molecule has 168 valence electrons. The highest BCUT2D eigenvalue weighted by molar-refractivity contribution is 5.94. The molecule has 6 heteroatoms. The average Bonchev–Trinajstić information content (AvgIpc) is 3.39. The van der Waals surface area contributed by atoms with Gasteiger partial charge in [0.25, 0.3) is 5.91 Å². The Morgan fingerprint density at radius 3 is 2.34 bits per heavy atom. The zero-order valence-electron chi connectivity index (χ0n) is 18.8. The fraction of sp³-hybridized carbons (Fsp3) is 0.346. The van der Waals surface area contributed by atoms with Gasteiger partial charge in [-0.2, -0.15) is 0 Å². The second-order valence-electron chi connectivity index (χ2n) is 8.01. The van der Waals surface area contributed by atoms with Crippen LogP contribution < -0.4 is 15.0 Å². The van der Waals surface area contributed by atoms with Crippen LogP contribution in [0.2, 0.25) is 0 Å². The number of carbonyl (C=O) groups excluding carboxylic acids is 1. The third kappa shape index (κ3) is 5.14. The van der Waals surface area contributed by atoms with E-state index in [1.807, 2.05) is 48.5 Å². The molecule has 0 radical (unpaired) electrons. The number of methoxy groups -OCH3 is 1. The number of ether oxygens (including phenoxy) is 1. The van der Waals surface area contributed by atoms with Crippen LogP contribution in [-0.4, -0.2) is 50.6 Å². The Bertz CT molecular complexity index is 976. The molecule has 1 atom stereocenters. The number of aryl methyl sites for hydroxylation is 1. The smallest absolute Gasteiger partial charge is 0.251 e. The molecule has 1 aliphatic heterocycles. The number of nitrogens with one attached hydrogen (secondary N) is 1. The number of amides is 1. The first-order chi connectivity index (χ1) is 15.7. The first-order valence-corrected chi connectivity index (χ1v) is 11.2. The summed E-state index contributed by atoms with van der Waals surface area (Å²) in [6.45, 7) is 6.21. The molecule has 1 amide bonds. The van der Waals surface area contributed by atoms with E-state index in [0.29, 0.717) is 12.1 Å². The number of anilines is 1. The summed E-state index contributed by atoms with van der Waals surface area (Å²) in [5, 5.41) is 3.11. The standard InChI is InChI=1S/C26H31N3O3/c1-3-20-6-8-21(9-7-20)26(30)27-19-24(25-5-4-18-32-25)29-16-14-28(15-17-29)22-10-12-23(31-2)13-11-22/h4-13,18,24H,3,14-17,19H2,1-2H3,(H,27,30). The summed E-state index contributed by atoms with van der Waals surface area (Å²) >= 11 is 0. The zero-order valence-corrected chi connectivity index (χ0v) is 18.8. The number of benzene rings is 2. The van der Waals surface area contributed by atoms with Crippen LogP contribution in [0.25, 0.3) is 0 Å². The lowest BCUT2D eigenvalue weighted by Crippen LogP contribution is -2.49. The zero-order chi connectivity index (χ0) is 22.3. The minimum absolute atomic E-state index is 0.00174. The topological polar surface area (TPSA) is 58.0 Å². The van der Waals surface area contributed by atoms with Gasteiger partial charge >= 0.3 is 0 Å². The molecule has 0 bridgehead atoms. The summed E-state index contributed by atoms with van der Waals surface area (Å²) < 4.78 is 11.0. The molecule has 1 unspecified atom stereocenters. The Balaban J connectivity index is 1.38. The lowest BCUT2D eigenvalue weighted by atomic mass is 10.1. The van der Waals surface area contributed by atoms with Crippen molar-refractivity contribution in [1.29, 1.82) is 0 Å². The molecule has 2 aromatic carbocycles. The van der Waals surface area contributed by atoms with E-state index in [4.69, 9.17) is 9.15 Å². The minimum Gasteiger partial charge on any atom is -0.497 e. The van der Waals surface area contributed by atoms with Crippen molar-refractivity contribution in [3.05, 3.63) is 83.8 Å². The molecule has 3 aromatic rings. The average molecular weight is 434 g/mol. The fourth-order valence-electron chi connectivity index (χ4n) is 4.16. The molecule has 1 fully saturated rings. The summed E-state index contributed by atoms with van der Waals surface area (Å²) in [5.74, 6) is 1.69. The van der Waals surface area contributed by atoms with Crippen molar-refractivity contribution in [3.8, 4) is 5.75 Å². The van der Waals surface area contributed by atoms with Crippen molar-refractivity contribution in [2.75, 3.05) is 44.7 Å². The second-order valence-corrected chi connectivity index (χ2v) is 8.01. The lowest BCUT2D eigenvalue weighted by molar-refractivity contribution is 0.0923. The van der Waals surface area contributed by atoms with Crippen LogP contribution in [0.15, 0.2) is 71.3 Å². The maximum Gasteiger partial charge on any atom is 0.251 e. The minimum atomic E-state index is -0.0546. The number of hydrogen-bond acceptors (Lipinski definition) is 5. The Morgan fingerprint density at radius 1 is 1.03 bits per heavy atom. The van der Waals surface area contributed by atoms with Gasteiger partial charge in [-0.25, -0.2) is 0 Å². The number of hydrogen-bond donors (Lipinski definition) is 1. The molecule has 2 heterocycles. The molecular weight excluding hydrogens is 402 g/mol. The molecule has 4 rings (SSSR count). The molecule has 0 aliphatic carbocycles. The quantitative estimate of drug-likeness (QED) is 0.579. The molecule has 1 aromatic heterocycles. The van der Waals surface area contributed by atoms with E-state index in [1.54, 1.807) is 13.4 Å². The van der Waals surface area contributed by atoms with Crippen LogP contribution >= 0.6 is 0 Å². The third-order valence-electron chi connectivity index (χ3n) is 6.14. The van der Waals surface area contributed by atoms with Crippen molar-refractivity contribution in [2.45, 2.75) is 19.4 Å². The Hall–Kier alpha value is -3.25. The predicted octanol–water partition coefficient (Wildman–Crippen LogP) is 4.14. The maximum atomic E-state index is 12.7. The number of rotatable bonds is 8. The molecule has 1 aliphatic rings. The number of piperazine rings is 1. The van der Waals surface area contributed by atoms with Gasteiger partial charge in [-0.3, -0.25) is 9.69 Å². The second kappa shape index (κ2) is 10.4. The summed E-state index contributed by atoms with van der Waals surface area (Å²) in [6.07, 6.45) is 2.66. The fourth-order valence-corrected chi connectivity index (χ4v) is 4.16. The van der Waals surface area contributed by atoms with E-state index in [1.165, 1.54) is 11.3 Å². The largest absolute Gasteiger partial charge is 0.497 e. The van der Waals surface area contributed by atoms with Gasteiger partial charge in [-0.15, -0.1) is 0 Å².